The van der Waals surface area contributed by atoms with E-state index in [0.29, 0.717) is 6.61 Å². The smallest absolute Gasteiger partial charge is 0.157 e. The van der Waals surface area contributed by atoms with Crippen molar-refractivity contribution in [1.29, 1.82) is 0 Å². The van der Waals surface area contributed by atoms with Gasteiger partial charge in [-0.3, -0.25) is 0 Å². The number of ether oxygens (including phenoxy) is 2. The third-order valence-electron chi connectivity index (χ3n) is 2.02. The van der Waals surface area contributed by atoms with E-state index in [2.05, 4.69) is 0 Å². The highest BCUT2D eigenvalue weighted by Gasteiger charge is 2.14. The van der Waals surface area contributed by atoms with E-state index in [0.717, 1.165) is 19.4 Å². The van der Waals surface area contributed by atoms with Crippen LogP contribution in [-0.2, 0) is 9.47 Å². The van der Waals surface area contributed by atoms with E-state index in [1.54, 1.807) is 0 Å². The summed E-state index contributed by atoms with van der Waals surface area (Å²) in [6, 6.07) is 0. The highest BCUT2D eigenvalue weighted by Crippen LogP contribution is 2.14. The van der Waals surface area contributed by atoms with E-state index in [1.165, 1.54) is 6.42 Å². The minimum Gasteiger partial charge on any atom is -0.396 e. The van der Waals surface area contributed by atoms with Gasteiger partial charge in [-0.1, -0.05) is 6.92 Å². The molecule has 12 heavy (non-hydrogen) atoms. The molecule has 0 bridgehead atoms. The van der Waals surface area contributed by atoms with E-state index in [1.807, 2.05) is 6.92 Å². The highest BCUT2D eigenvalue weighted by atomic mass is 16.7. The maximum atomic E-state index is 8.74. The van der Waals surface area contributed by atoms with Gasteiger partial charge in [0.25, 0.3) is 0 Å². The number of hydrogen-bond acceptors (Lipinski definition) is 3. The predicted molar refractivity (Wildman–Crippen MR) is 45.8 cm³/mol. The first-order valence-corrected chi connectivity index (χ1v) is 4.67. The molecule has 0 spiro atoms. The predicted octanol–water partition coefficient (Wildman–Crippen LogP) is 1.16. The first-order valence-electron chi connectivity index (χ1n) is 4.67. The second kappa shape index (κ2) is 5.51. The van der Waals surface area contributed by atoms with E-state index in [-0.39, 0.29) is 18.8 Å². The van der Waals surface area contributed by atoms with Crippen molar-refractivity contribution in [1.82, 2.24) is 0 Å². The average Bonchev–Trinajstić information content (AvgIpc) is 2.16. The lowest BCUT2D eigenvalue weighted by molar-refractivity contribution is -0.169. The number of aliphatic hydroxyl groups is 1. The van der Waals surface area contributed by atoms with Crippen LogP contribution in [0.3, 0.4) is 0 Å². The van der Waals surface area contributed by atoms with Crippen LogP contribution < -0.4 is 0 Å². The van der Waals surface area contributed by atoms with E-state index >= 15 is 0 Å². The summed E-state index contributed by atoms with van der Waals surface area (Å²) in [5.74, 6) is 0.218. The zero-order chi connectivity index (χ0) is 8.81. The van der Waals surface area contributed by atoms with Gasteiger partial charge in [-0.2, -0.15) is 0 Å². The van der Waals surface area contributed by atoms with Crippen LogP contribution in [0.2, 0.25) is 0 Å². The van der Waals surface area contributed by atoms with Gasteiger partial charge in [0, 0.05) is 19.1 Å². The number of hydrogen-bond donors (Lipinski definition) is 1. The Balaban J connectivity index is 2.05. The average molecular weight is 174 g/mol. The van der Waals surface area contributed by atoms with Crippen LogP contribution in [0.5, 0.6) is 0 Å². The number of rotatable bonds is 4. The molecule has 2 atom stereocenters. The SMILES string of the molecule is C[C@H](CO)COC1CCCCO1. The van der Waals surface area contributed by atoms with Crippen molar-refractivity contribution < 1.29 is 14.6 Å². The minimum absolute atomic E-state index is 0.0206. The lowest BCUT2D eigenvalue weighted by Gasteiger charge is -2.23. The molecule has 1 aliphatic rings. The first-order chi connectivity index (χ1) is 5.83. The second-order valence-corrected chi connectivity index (χ2v) is 3.42. The molecule has 3 nitrogen and oxygen atoms in total. The molecule has 0 saturated carbocycles. The zero-order valence-corrected chi connectivity index (χ0v) is 7.66. The largest absolute Gasteiger partial charge is 0.396 e. The molecule has 0 aromatic heterocycles. The molecule has 0 amide bonds. The fourth-order valence-corrected chi connectivity index (χ4v) is 1.17. The summed E-state index contributed by atoms with van der Waals surface area (Å²) in [5, 5.41) is 8.74. The van der Waals surface area contributed by atoms with Gasteiger partial charge in [0.2, 0.25) is 0 Å². The van der Waals surface area contributed by atoms with Gasteiger partial charge in [-0.05, 0) is 19.3 Å². The Morgan fingerprint density at radius 2 is 2.42 bits per heavy atom. The van der Waals surface area contributed by atoms with Gasteiger partial charge < -0.3 is 14.6 Å². The highest BCUT2D eigenvalue weighted by molar-refractivity contribution is 4.55. The molecule has 1 heterocycles. The molecule has 1 fully saturated rings. The summed E-state index contributed by atoms with van der Waals surface area (Å²) in [6.45, 7) is 3.56. The summed E-state index contributed by atoms with van der Waals surface area (Å²) < 4.78 is 10.8. The fourth-order valence-electron chi connectivity index (χ4n) is 1.17. The number of aliphatic hydroxyl groups excluding tert-OH is 1. The van der Waals surface area contributed by atoms with Crippen molar-refractivity contribution in [3.05, 3.63) is 0 Å². The van der Waals surface area contributed by atoms with Crippen molar-refractivity contribution in [3.63, 3.8) is 0 Å². The molecule has 1 saturated heterocycles. The molecule has 1 unspecified atom stereocenters. The van der Waals surface area contributed by atoms with Crippen LogP contribution in [-0.4, -0.2) is 31.2 Å². The molecule has 72 valence electrons. The van der Waals surface area contributed by atoms with Crippen molar-refractivity contribution in [2.45, 2.75) is 32.5 Å². The normalized spacial score (nSPS) is 27.0. The molecule has 0 radical (unpaired) electrons. The van der Waals surface area contributed by atoms with Crippen LogP contribution >= 0.6 is 0 Å². The Morgan fingerprint density at radius 1 is 1.58 bits per heavy atom. The summed E-state index contributed by atoms with van der Waals surface area (Å²) in [6.07, 6.45) is 3.32. The molecule has 0 aromatic rings. The van der Waals surface area contributed by atoms with Crippen molar-refractivity contribution in [2.24, 2.45) is 5.92 Å². The molecule has 3 heteroatoms. The van der Waals surface area contributed by atoms with Gasteiger partial charge in [-0.15, -0.1) is 0 Å². The van der Waals surface area contributed by atoms with Gasteiger partial charge in [-0.25, -0.2) is 0 Å². The van der Waals surface area contributed by atoms with Gasteiger partial charge in [0.15, 0.2) is 6.29 Å². The standard InChI is InChI=1S/C9H18O3/c1-8(6-10)7-12-9-4-2-3-5-11-9/h8-10H,2-7H2,1H3/t8-,9?/m1/s1. The zero-order valence-electron chi connectivity index (χ0n) is 7.66. The van der Waals surface area contributed by atoms with Gasteiger partial charge >= 0.3 is 0 Å². The Morgan fingerprint density at radius 3 is 3.00 bits per heavy atom. The van der Waals surface area contributed by atoms with Crippen molar-refractivity contribution in [3.8, 4) is 0 Å². The molecule has 1 rings (SSSR count). The first kappa shape index (κ1) is 9.96. The summed E-state index contributed by atoms with van der Waals surface area (Å²) in [5.41, 5.74) is 0. The maximum absolute atomic E-state index is 8.74. The molecule has 1 N–H and O–H groups in total. The molecule has 0 aromatic carbocycles. The Bertz CT molecular complexity index is 110. The minimum atomic E-state index is -0.0206. The molecule has 0 aliphatic carbocycles. The van der Waals surface area contributed by atoms with Crippen LogP contribution in [0.4, 0.5) is 0 Å². The quantitative estimate of drug-likeness (QED) is 0.695. The third kappa shape index (κ3) is 3.52. The second-order valence-electron chi connectivity index (χ2n) is 3.42. The summed E-state index contributed by atoms with van der Waals surface area (Å²) in [4.78, 5) is 0. The molecular formula is C9H18O3. The van der Waals surface area contributed by atoms with Crippen molar-refractivity contribution >= 4 is 0 Å². The third-order valence-corrected chi connectivity index (χ3v) is 2.02. The topological polar surface area (TPSA) is 38.7 Å². The van der Waals surface area contributed by atoms with E-state index < -0.39 is 0 Å². The van der Waals surface area contributed by atoms with Crippen LogP contribution in [0, 0.1) is 5.92 Å². The van der Waals surface area contributed by atoms with Crippen LogP contribution in [0.15, 0.2) is 0 Å². The van der Waals surface area contributed by atoms with Gasteiger partial charge in [0.1, 0.15) is 0 Å². The Labute approximate surface area is 73.7 Å². The Hall–Kier alpha value is -0.120. The molecular weight excluding hydrogens is 156 g/mol. The lowest BCUT2D eigenvalue weighted by Crippen LogP contribution is -2.25. The van der Waals surface area contributed by atoms with E-state index in [9.17, 15) is 0 Å². The van der Waals surface area contributed by atoms with Crippen molar-refractivity contribution in [2.75, 3.05) is 19.8 Å². The van der Waals surface area contributed by atoms with Crippen LogP contribution in [0.25, 0.3) is 0 Å². The maximum Gasteiger partial charge on any atom is 0.157 e. The monoisotopic (exact) mass is 174 g/mol. The summed E-state index contributed by atoms with van der Waals surface area (Å²) >= 11 is 0. The van der Waals surface area contributed by atoms with Gasteiger partial charge in [0.05, 0.1) is 6.61 Å². The van der Waals surface area contributed by atoms with Crippen LogP contribution in [0.1, 0.15) is 26.2 Å². The summed E-state index contributed by atoms with van der Waals surface area (Å²) in [7, 11) is 0. The molecule has 1 aliphatic heterocycles. The Kier molecular flexibility index (Phi) is 4.58. The van der Waals surface area contributed by atoms with E-state index in [4.69, 9.17) is 14.6 Å². The fraction of sp³-hybridized carbons (Fsp3) is 1.00. The lowest BCUT2D eigenvalue weighted by atomic mass is 10.2.